The third-order valence-corrected chi connectivity index (χ3v) is 5.97. The molecule has 0 bridgehead atoms. The van der Waals surface area contributed by atoms with Gasteiger partial charge in [-0.3, -0.25) is 0 Å². The molecule has 0 amide bonds. The van der Waals surface area contributed by atoms with E-state index in [2.05, 4.69) is 0 Å². The highest BCUT2D eigenvalue weighted by molar-refractivity contribution is 7.91. The van der Waals surface area contributed by atoms with Gasteiger partial charge in [0.1, 0.15) is 0 Å². The van der Waals surface area contributed by atoms with Gasteiger partial charge >= 0.3 is 0 Å². The van der Waals surface area contributed by atoms with E-state index in [0.29, 0.717) is 13.0 Å². The van der Waals surface area contributed by atoms with Gasteiger partial charge < -0.3 is 10.8 Å². The second kappa shape index (κ2) is 3.43. The number of aliphatic hydroxyl groups is 1. The standard InChI is InChI=1S/C10H19NO3S/c11-7-9(3-1-2-4-9)10(12)5-6-15(13,14)8-10/h12H,1-8,11H2. The SMILES string of the molecule is NCC1(C2(O)CCS(=O)(=O)C2)CCCC1. The summed E-state index contributed by atoms with van der Waals surface area (Å²) in [6, 6.07) is 0. The third kappa shape index (κ3) is 1.70. The fraction of sp³-hybridized carbons (Fsp3) is 1.00. The largest absolute Gasteiger partial charge is 0.388 e. The normalized spacial score (nSPS) is 38.3. The van der Waals surface area contributed by atoms with E-state index in [1.807, 2.05) is 0 Å². The zero-order valence-electron chi connectivity index (χ0n) is 8.91. The number of sulfone groups is 1. The molecule has 1 saturated heterocycles. The summed E-state index contributed by atoms with van der Waals surface area (Å²) < 4.78 is 22.9. The molecule has 5 heteroatoms. The highest BCUT2D eigenvalue weighted by Crippen LogP contribution is 2.50. The van der Waals surface area contributed by atoms with Gasteiger partial charge in [0, 0.05) is 12.0 Å². The lowest BCUT2D eigenvalue weighted by atomic mass is 9.70. The monoisotopic (exact) mass is 233 g/mol. The maximum atomic E-state index is 11.5. The second-order valence-electron chi connectivity index (χ2n) is 5.07. The molecule has 0 aromatic rings. The van der Waals surface area contributed by atoms with Crippen LogP contribution >= 0.6 is 0 Å². The van der Waals surface area contributed by atoms with Crippen LogP contribution in [0.25, 0.3) is 0 Å². The highest BCUT2D eigenvalue weighted by atomic mass is 32.2. The number of hydrogen-bond donors (Lipinski definition) is 2. The molecule has 1 atom stereocenters. The van der Waals surface area contributed by atoms with E-state index >= 15 is 0 Å². The smallest absolute Gasteiger partial charge is 0.153 e. The van der Waals surface area contributed by atoms with Crippen molar-refractivity contribution in [2.24, 2.45) is 11.1 Å². The van der Waals surface area contributed by atoms with E-state index in [9.17, 15) is 13.5 Å². The van der Waals surface area contributed by atoms with Crippen molar-refractivity contribution in [3.05, 3.63) is 0 Å². The Labute approximate surface area is 90.8 Å². The molecular formula is C10H19NO3S. The molecule has 0 aromatic heterocycles. The van der Waals surface area contributed by atoms with E-state index in [0.717, 1.165) is 25.7 Å². The molecule has 3 N–H and O–H groups in total. The van der Waals surface area contributed by atoms with Gasteiger partial charge in [-0.15, -0.1) is 0 Å². The zero-order chi connectivity index (χ0) is 11.2. The first-order chi connectivity index (χ1) is 6.93. The number of nitrogens with two attached hydrogens (primary N) is 1. The fourth-order valence-corrected chi connectivity index (χ4v) is 5.13. The van der Waals surface area contributed by atoms with Crippen LogP contribution in [0.1, 0.15) is 32.1 Å². The van der Waals surface area contributed by atoms with E-state index < -0.39 is 15.4 Å². The Kier molecular flexibility index (Phi) is 2.60. The van der Waals surface area contributed by atoms with Gasteiger partial charge in [0.25, 0.3) is 0 Å². The maximum absolute atomic E-state index is 11.5. The van der Waals surface area contributed by atoms with Gasteiger partial charge in [-0.05, 0) is 19.3 Å². The van der Waals surface area contributed by atoms with Crippen molar-refractivity contribution in [2.75, 3.05) is 18.1 Å². The van der Waals surface area contributed by atoms with Gasteiger partial charge in [0.05, 0.1) is 17.1 Å². The van der Waals surface area contributed by atoms with Crippen LogP contribution in [-0.2, 0) is 9.84 Å². The molecule has 2 aliphatic rings. The molecule has 1 unspecified atom stereocenters. The molecule has 4 nitrogen and oxygen atoms in total. The van der Waals surface area contributed by atoms with Crippen LogP contribution in [0.4, 0.5) is 0 Å². The number of hydrogen-bond acceptors (Lipinski definition) is 4. The Balaban J connectivity index is 2.29. The summed E-state index contributed by atoms with van der Waals surface area (Å²) in [5.41, 5.74) is 4.37. The third-order valence-electron chi connectivity index (χ3n) is 4.22. The Bertz CT molecular complexity index is 346. The first kappa shape index (κ1) is 11.4. The summed E-state index contributed by atoms with van der Waals surface area (Å²) in [4.78, 5) is 0. The Morgan fingerprint density at radius 3 is 2.20 bits per heavy atom. The van der Waals surface area contributed by atoms with Crippen molar-refractivity contribution in [1.82, 2.24) is 0 Å². The molecule has 88 valence electrons. The summed E-state index contributed by atoms with van der Waals surface area (Å²) in [7, 11) is -3.05. The predicted molar refractivity (Wildman–Crippen MR) is 58.2 cm³/mol. The van der Waals surface area contributed by atoms with E-state index in [-0.39, 0.29) is 16.9 Å². The molecule has 15 heavy (non-hydrogen) atoms. The van der Waals surface area contributed by atoms with E-state index in [4.69, 9.17) is 5.73 Å². The topological polar surface area (TPSA) is 80.4 Å². The van der Waals surface area contributed by atoms with E-state index in [1.54, 1.807) is 0 Å². The van der Waals surface area contributed by atoms with Crippen molar-refractivity contribution in [1.29, 1.82) is 0 Å². The van der Waals surface area contributed by atoms with Crippen LogP contribution in [0.5, 0.6) is 0 Å². The molecule has 1 saturated carbocycles. The predicted octanol–water partition coefficient (Wildman–Crippen LogP) is 0.0551. The summed E-state index contributed by atoms with van der Waals surface area (Å²) in [6.45, 7) is 0.402. The minimum atomic E-state index is -3.05. The van der Waals surface area contributed by atoms with Crippen molar-refractivity contribution < 1.29 is 13.5 Å². The molecular weight excluding hydrogens is 214 g/mol. The molecule has 0 aromatic carbocycles. The molecule has 0 radical (unpaired) electrons. The minimum Gasteiger partial charge on any atom is -0.388 e. The van der Waals surface area contributed by atoms with Crippen LogP contribution in [0.2, 0.25) is 0 Å². The average molecular weight is 233 g/mol. The highest BCUT2D eigenvalue weighted by Gasteiger charge is 2.55. The van der Waals surface area contributed by atoms with Crippen LogP contribution in [0, 0.1) is 5.41 Å². The molecule has 1 aliphatic carbocycles. The number of rotatable bonds is 2. The summed E-state index contributed by atoms with van der Waals surface area (Å²) in [5, 5.41) is 10.5. The Morgan fingerprint density at radius 2 is 1.80 bits per heavy atom. The van der Waals surface area contributed by atoms with Gasteiger partial charge in [-0.1, -0.05) is 12.8 Å². The maximum Gasteiger partial charge on any atom is 0.153 e. The lowest BCUT2D eigenvalue weighted by Crippen LogP contribution is -2.52. The van der Waals surface area contributed by atoms with Crippen molar-refractivity contribution in [3.63, 3.8) is 0 Å². The average Bonchev–Trinajstić information content (AvgIpc) is 2.72. The molecule has 0 spiro atoms. The molecule has 2 fully saturated rings. The zero-order valence-corrected chi connectivity index (χ0v) is 9.72. The molecule has 1 heterocycles. The Hall–Kier alpha value is -0.130. The van der Waals surface area contributed by atoms with Gasteiger partial charge in [0.2, 0.25) is 0 Å². The van der Waals surface area contributed by atoms with Gasteiger partial charge in [0.15, 0.2) is 9.84 Å². The van der Waals surface area contributed by atoms with Gasteiger partial charge in [-0.25, -0.2) is 8.42 Å². The molecule has 2 rings (SSSR count). The van der Waals surface area contributed by atoms with Crippen LogP contribution in [-0.4, -0.2) is 37.2 Å². The van der Waals surface area contributed by atoms with E-state index in [1.165, 1.54) is 0 Å². The Morgan fingerprint density at radius 1 is 1.20 bits per heavy atom. The van der Waals surface area contributed by atoms with Crippen LogP contribution in [0.3, 0.4) is 0 Å². The summed E-state index contributed by atoms with van der Waals surface area (Å²) in [6.07, 6.45) is 4.22. The quantitative estimate of drug-likeness (QED) is 0.706. The molecule has 1 aliphatic heterocycles. The lowest BCUT2D eigenvalue weighted by Gasteiger charge is -2.41. The summed E-state index contributed by atoms with van der Waals surface area (Å²) in [5.74, 6) is 0.0302. The fourth-order valence-electron chi connectivity index (χ4n) is 3.16. The van der Waals surface area contributed by atoms with Crippen LogP contribution in [0.15, 0.2) is 0 Å². The lowest BCUT2D eigenvalue weighted by molar-refractivity contribution is -0.0564. The minimum absolute atomic E-state index is 0.0861. The van der Waals surface area contributed by atoms with Crippen molar-refractivity contribution in [3.8, 4) is 0 Å². The van der Waals surface area contributed by atoms with Crippen molar-refractivity contribution >= 4 is 9.84 Å². The van der Waals surface area contributed by atoms with Gasteiger partial charge in [-0.2, -0.15) is 0 Å². The first-order valence-electron chi connectivity index (χ1n) is 5.56. The van der Waals surface area contributed by atoms with Crippen LogP contribution < -0.4 is 5.73 Å². The first-order valence-corrected chi connectivity index (χ1v) is 7.38. The summed E-state index contributed by atoms with van der Waals surface area (Å²) >= 11 is 0. The second-order valence-corrected chi connectivity index (χ2v) is 7.25. The van der Waals surface area contributed by atoms with Crippen molar-refractivity contribution in [2.45, 2.75) is 37.7 Å².